The lowest BCUT2D eigenvalue weighted by Gasteiger charge is -2.37. The molecule has 0 unspecified atom stereocenters. The van der Waals surface area contributed by atoms with Crippen molar-refractivity contribution < 1.29 is 19.1 Å². The monoisotopic (exact) mass is 435 g/mol. The fourth-order valence-electron chi connectivity index (χ4n) is 4.05. The summed E-state index contributed by atoms with van der Waals surface area (Å²) in [6, 6.07) is 14.2. The number of ether oxygens (including phenoxy) is 1. The largest absolute Gasteiger partial charge is 0.491 e. The molecule has 4 rings (SSSR count). The molecule has 32 heavy (non-hydrogen) atoms. The van der Waals surface area contributed by atoms with Crippen molar-refractivity contribution in [1.82, 2.24) is 15.1 Å². The molecule has 1 fully saturated rings. The Balaban J connectivity index is 1.69. The highest BCUT2D eigenvalue weighted by atomic mass is 16.5. The summed E-state index contributed by atoms with van der Waals surface area (Å²) in [7, 11) is 1.65. The second kappa shape index (κ2) is 9.42. The highest BCUT2D eigenvalue weighted by Gasteiger charge is 2.33. The zero-order valence-corrected chi connectivity index (χ0v) is 18.5. The SMILES string of the molecule is C[C@H]1COc2cccc(c2)-c2cccc(c2)C(=O)N(C)[C@H](C(=O)N2CCC2)CCC(=O)N1. The minimum absolute atomic E-state index is 0.0961. The first-order valence-corrected chi connectivity index (χ1v) is 11.1. The van der Waals surface area contributed by atoms with E-state index in [0.29, 0.717) is 31.0 Å². The van der Waals surface area contributed by atoms with Crippen LogP contribution in [0.1, 0.15) is 36.5 Å². The number of carbonyl (C=O) groups excluding carboxylic acids is 3. The van der Waals surface area contributed by atoms with Crippen LogP contribution < -0.4 is 10.1 Å². The van der Waals surface area contributed by atoms with Crippen LogP contribution in [0.2, 0.25) is 0 Å². The summed E-state index contributed by atoms with van der Waals surface area (Å²) in [6.07, 6.45) is 1.40. The summed E-state index contributed by atoms with van der Waals surface area (Å²) in [5.74, 6) is 0.205. The van der Waals surface area contributed by atoms with Crippen molar-refractivity contribution in [3.8, 4) is 16.9 Å². The van der Waals surface area contributed by atoms with E-state index in [9.17, 15) is 14.4 Å². The number of likely N-dealkylation sites (tertiary alicyclic amines) is 1. The molecule has 2 aliphatic rings. The van der Waals surface area contributed by atoms with Crippen LogP contribution in [-0.2, 0) is 9.59 Å². The number of nitrogens with one attached hydrogen (secondary N) is 1. The molecule has 0 radical (unpaired) electrons. The molecule has 1 saturated heterocycles. The van der Waals surface area contributed by atoms with Crippen molar-refractivity contribution in [2.45, 2.75) is 38.3 Å². The second-order valence-corrected chi connectivity index (χ2v) is 8.54. The van der Waals surface area contributed by atoms with E-state index in [1.807, 2.05) is 49.4 Å². The molecule has 4 bridgehead atoms. The Kier molecular flexibility index (Phi) is 6.44. The van der Waals surface area contributed by atoms with Crippen LogP contribution in [0.3, 0.4) is 0 Å². The van der Waals surface area contributed by atoms with Crippen molar-refractivity contribution >= 4 is 17.7 Å². The number of fused-ring (bicyclic) bond motifs is 5. The molecular formula is C25H29N3O4. The Hall–Kier alpha value is -3.35. The van der Waals surface area contributed by atoms with Crippen LogP contribution in [0.4, 0.5) is 0 Å². The quantitative estimate of drug-likeness (QED) is 0.747. The standard InChI is InChI=1S/C25H29N3O4/c1-17-16-32-21-9-4-7-19(15-21)18-6-3-8-20(14-18)24(30)27(2)22(10-11-23(29)26-17)25(31)28-12-5-13-28/h3-4,6-9,14-15,17,22H,5,10-13,16H2,1-2H3,(H,26,29)/t17-,22-/m0/s1. The maximum atomic E-state index is 13.3. The molecule has 2 aromatic carbocycles. The van der Waals surface area contributed by atoms with Gasteiger partial charge in [0, 0.05) is 32.1 Å². The number of rotatable bonds is 1. The van der Waals surface area contributed by atoms with Gasteiger partial charge in [-0.05, 0) is 55.2 Å². The van der Waals surface area contributed by atoms with Gasteiger partial charge >= 0.3 is 0 Å². The topological polar surface area (TPSA) is 79.0 Å². The third kappa shape index (κ3) is 4.77. The van der Waals surface area contributed by atoms with Gasteiger partial charge in [0.05, 0.1) is 6.04 Å². The Morgan fingerprint density at radius 3 is 2.44 bits per heavy atom. The van der Waals surface area contributed by atoms with Gasteiger partial charge in [0.1, 0.15) is 18.4 Å². The fraction of sp³-hybridized carbons (Fsp3) is 0.400. The lowest BCUT2D eigenvalue weighted by atomic mass is 10.0. The summed E-state index contributed by atoms with van der Waals surface area (Å²) in [5.41, 5.74) is 2.33. The van der Waals surface area contributed by atoms with Gasteiger partial charge < -0.3 is 19.9 Å². The lowest BCUT2D eigenvalue weighted by molar-refractivity contribution is -0.139. The van der Waals surface area contributed by atoms with E-state index in [1.54, 1.807) is 18.0 Å². The first-order chi connectivity index (χ1) is 15.4. The summed E-state index contributed by atoms with van der Waals surface area (Å²) in [6.45, 7) is 3.62. The van der Waals surface area contributed by atoms with Crippen LogP contribution in [0.15, 0.2) is 48.5 Å². The van der Waals surface area contributed by atoms with E-state index in [-0.39, 0.29) is 36.6 Å². The maximum absolute atomic E-state index is 13.3. The fourth-order valence-corrected chi connectivity index (χ4v) is 4.05. The highest BCUT2D eigenvalue weighted by molar-refractivity contribution is 5.98. The minimum atomic E-state index is -0.681. The first-order valence-electron chi connectivity index (χ1n) is 11.1. The van der Waals surface area contributed by atoms with Crippen molar-refractivity contribution in [2.24, 2.45) is 0 Å². The van der Waals surface area contributed by atoms with Gasteiger partial charge in [0.2, 0.25) is 11.8 Å². The van der Waals surface area contributed by atoms with Crippen LogP contribution in [-0.4, -0.2) is 66.3 Å². The Morgan fingerprint density at radius 1 is 1.03 bits per heavy atom. The minimum Gasteiger partial charge on any atom is -0.491 e. The normalized spacial score (nSPS) is 21.9. The van der Waals surface area contributed by atoms with E-state index in [0.717, 1.165) is 17.5 Å². The third-order valence-electron chi connectivity index (χ3n) is 6.07. The van der Waals surface area contributed by atoms with Crippen LogP contribution >= 0.6 is 0 Å². The van der Waals surface area contributed by atoms with Crippen molar-refractivity contribution in [3.63, 3.8) is 0 Å². The summed E-state index contributed by atoms with van der Waals surface area (Å²) < 4.78 is 5.88. The van der Waals surface area contributed by atoms with E-state index >= 15 is 0 Å². The molecule has 0 saturated carbocycles. The number of hydrogen-bond donors (Lipinski definition) is 1. The van der Waals surface area contributed by atoms with E-state index in [1.165, 1.54) is 4.90 Å². The zero-order chi connectivity index (χ0) is 22.7. The van der Waals surface area contributed by atoms with Gasteiger partial charge in [-0.3, -0.25) is 14.4 Å². The van der Waals surface area contributed by atoms with Crippen molar-refractivity contribution in [3.05, 3.63) is 54.1 Å². The van der Waals surface area contributed by atoms with E-state index in [2.05, 4.69) is 5.32 Å². The number of nitrogens with zero attached hydrogens (tertiary/aromatic N) is 2. The smallest absolute Gasteiger partial charge is 0.254 e. The molecule has 2 atom stereocenters. The van der Waals surface area contributed by atoms with E-state index in [4.69, 9.17) is 4.74 Å². The molecule has 1 N–H and O–H groups in total. The molecule has 0 aromatic heterocycles. The molecule has 2 heterocycles. The number of hydrogen-bond acceptors (Lipinski definition) is 4. The molecule has 3 amide bonds. The highest BCUT2D eigenvalue weighted by Crippen LogP contribution is 2.26. The average molecular weight is 436 g/mol. The first kappa shape index (κ1) is 21.9. The molecule has 0 aliphatic carbocycles. The third-order valence-corrected chi connectivity index (χ3v) is 6.07. The molecular weight excluding hydrogens is 406 g/mol. The Bertz CT molecular complexity index is 1020. The predicted molar refractivity (Wildman–Crippen MR) is 121 cm³/mol. The predicted octanol–water partition coefficient (Wildman–Crippen LogP) is 2.70. The molecule has 7 heteroatoms. The van der Waals surface area contributed by atoms with Gasteiger partial charge in [-0.15, -0.1) is 0 Å². The molecule has 2 aliphatic heterocycles. The number of amides is 3. The maximum Gasteiger partial charge on any atom is 0.254 e. The second-order valence-electron chi connectivity index (χ2n) is 8.54. The molecule has 7 nitrogen and oxygen atoms in total. The van der Waals surface area contributed by atoms with Crippen molar-refractivity contribution in [2.75, 3.05) is 26.7 Å². The van der Waals surface area contributed by atoms with E-state index < -0.39 is 6.04 Å². The van der Waals surface area contributed by atoms with Gasteiger partial charge in [-0.2, -0.15) is 0 Å². The van der Waals surface area contributed by atoms with Crippen molar-refractivity contribution in [1.29, 1.82) is 0 Å². The van der Waals surface area contributed by atoms with Crippen LogP contribution in [0, 0.1) is 0 Å². The average Bonchev–Trinajstić information content (AvgIpc) is 2.75. The lowest BCUT2D eigenvalue weighted by Crippen LogP contribution is -2.53. The molecule has 168 valence electrons. The Labute approximate surface area is 188 Å². The summed E-state index contributed by atoms with van der Waals surface area (Å²) in [4.78, 5) is 42.2. The van der Waals surface area contributed by atoms with Gasteiger partial charge in [0.25, 0.3) is 5.91 Å². The molecule has 0 spiro atoms. The van der Waals surface area contributed by atoms with Gasteiger partial charge in [0.15, 0.2) is 0 Å². The summed E-state index contributed by atoms with van der Waals surface area (Å²) >= 11 is 0. The number of likely N-dealkylation sites (N-methyl/N-ethyl adjacent to an activating group) is 1. The number of carbonyl (C=O) groups is 3. The molecule has 2 aromatic rings. The number of benzene rings is 2. The van der Waals surface area contributed by atoms with Crippen LogP contribution in [0.25, 0.3) is 11.1 Å². The Morgan fingerprint density at radius 2 is 1.72 bits per heavy atom. The van der Waals surface area contributed by atoms with Crippen LogP contribution in [0.5, 0.6) is 5.75 Å². The van der Waals surface area contributed by atoms with Gasteiger partial charge in [-0.1, -0.05) is 24.3 Å². The summed E-state index contributed by atoms with van der Waals surface area (Å²) in [5, 5.41) is 2.93. The zero-order valence-electron chi connectivity index (χ0n) is 18.5. The van der Waals surface area contributed by atoms with Gasteiger partial charge in [-0.25, -0.2) is 0 Å².